The number of pyridine rings is 2. The summed E-state index contributed by atoms with van der Waals surface area (Å²) in [6.07, 6.45) is 3.10. The van der Waals surface area contributed by atoms with Crippen molar-refractivity contribution in [2.75, 3.05) is 11.1 Å². The number of rotatable bonds is 2. The molecule has 0 saturated carbocycles. The van der Waals surface area contributed by atoms with Gasteiger partial charge < -0.3 is 11.1 Å². The second-order valence-corrected chi connectivity index (χ2v) is 5.33. The van der Waals surface area contributed by atoms with Gasteiger partial charge in [-0.25, -0.2) is 9.97 Å². The zero-order valence-electron chi connectivity index (χ0n) is 10.9. The van der Waals surface area contributed by atoms with Crippen molar-refractivity contribution in [3.8, 4) is 0 Å². The van der Waals surface area contributed by atoms with Gasteiger partial charge in [0.05, 0.1) is 5.56 Å². The Bertz CT molecular complexity index is 818. The zero-order valence-corrected chi connectivity index (χ0v) is 12.5. The molecule has 0 radical (unpaired) electrons. The number of nitrogen functional groups attached to an aromatic ring is 1. The number of carbonyl (C=O) groups is 1. The van der Waals surface area contributed by atoms with Gasteiger partial charge in [0.15, 0.2) is 0 Å². The molecule has 2 aromatic heterocycles. The van der Waals surface area contributed by atoms with Crippen molar-refractivity contribution in [2.24, 2.45) is 0 Å². The Labute approximate surface area is 129 Å². The van der Waals surface area contributed by atoms with E-state index >= 15 is 0 Å². The number of fused-ring (bicyclic) bond motifs is 1. The zero-order chi connectivity index (χ0) is 14.8. The minimum atomic E-state index is -0.270. The van der Waals surface area contributed by atoms with Crippen LogP contribution < -0.4 is 11.1 Å². The van der Waals surface area contributed by atoms with Crippen LogP contribution in [0.3, 0.4) is 0 Å². The lowest BCUT2D eigenvalue weighted by Gasteiger charge is -2.08. The lowest BCUT2D eigenvalue weighted by Crippen LogP contribution is -2.14. The Balaban J connectivity index is 1.98. The van der Waals surface area contributed by atoms with Gasteiger partial charge >= 0.3 is 0 Å². The molecule has 6 heteroatoms. The molecule has 3 N–H and O–H groups in total. The van der Waals surface area contributed by atoms with Crippen molar-refractivity contribution in [1.82, 2.24) is 9.97 Å². The van der Waals surface area contributed by atoms with Gasteiger partial charge in [-0.3, -0.25) is 4.79 Å². The van der Waals surface area contributed by atoms with Gasteiger partial charge in [0.25, 0.3) is 5.91 Å². The highest BCUT2D eigenvalue weighted by atomic mass is 79.9. The van der Waals surface area contributed by atoms with Gasteiger partial charge in [-0.15, -0.1) is 0 Å². The van der Waals surface area contributed by atoms with E-state index in [9.17, 15) is 4.79 Å². The van der Waals surface area contributed by atoms with Gasteiger partial charge in [0.1, 0.15) is 11.6 Å². The van der Waals surface area contributed by atoms with E-state index in [1.807, 2.05) is 30.3 Å². The molecule has 0 aliphatic heterocycles. The fraction of sp³-hybridized carbons (Fsp3) is 0. The van der Waals surface area contributed by atoms with E-state index in [4.69, 9.17) is 5.73 Å². The van der Waals surface area contributed by atoms with E-state index in [1.54, 1.807) is 12.3 Å². The monoisotopic (exact) mass is 342 g/mol. The molecular weight excluding hydrogens is 332 g/mol. The maximum atomic E-state index is 12.4. The van der Waals surface area contributed by atoms with E-state index in [0.717, 1.165) is 15.2 Å². The summed E-state index contributed by atoms with van der Waals surface area (Å²) in [5, 5.41) is 4.27. The molecule has 5 nitrogen and oxygen atoms in total. The molecule has 2 heterocycles. The predicted octanol–water partition coefficient (Wildman–Crippen LogP) is 3.23. The lowest BCUT2D eigenvalue weighted by molar-refractivity contribution is 0.102. The maximum absolute atomic E-state index is 12.4. The summed E-state index contributed by atoms with van der Waals surface area (Å²) < 4.78 is 0.847. The van der Waals surface area contributed by atoms with Crippen LogP contribution >= 0.6 is 15.9 Å². The fourth-order valence-corrected chi connectivity index (χ4v) is 2.26. The predicted molar refractivity (Wildman–Crippen MR) is 86.0 cm³/mol. The normalized spacial score (nSPS) is 10.5. The van der Waals surface area contributed by atoms with Crippen LogP contribution in [0.15, 0.2) is 53.3 Å². The number of anilines is 2. The van der Waals surface area contributed by atoms with Crippen LogP contribution in [0.1, 0.15) is 10.4 Å². The topological polar surface area (TPSA) is 80.9 Å². The Hall–Kier alpha value is -2.47. The smallest absolute Gasteiger partial charge is 0.259 e. The van der Waals surface area contributed by atoms with Crippen LogP contribution in [0, 0.1) is 0 Å². The number of aromatic nitrogens is 2. The first-order valence-electron chi connectivity index (χ1n) is 6.21. The molecule has 3 rings (SSSR count). The molecule has 0 unspecified atom stereocenters. The third-order valence-electron chi connectivity index (χ3n) is 3.04. The van der Waals surface area contributed by atoms with Gasteiger partial charge in [-0.2, -0.15) is 0 Å². The summed E-state index contributed by atoms with van der Waals surface area (Å²) >= 11 is 3.30. The molecule has 104 valence electrons. The molecule has 0 fully saturated rings. The highest BCUT2D eigenvalue weighted by molar-refractivity contribution is 9.10. The SMILES string of the molecule is Nc1ncc(C(=O)Nc2ccc(Br)cn2)c2ccccc12. The van der Waals surface area contributed by atoms with Crippen LogP contribution in [-0.2, 0) is 0 Å². The summed E-state index contributed by atoms with van der Waals surface area (Å²) in [6.45, 7) is 0. The van der Waals surface area contributed by atoms with Crippen LogP contribution in [0.4, 0.5) is 11.6 Å². The maximum Gasteiger partial charge on any atom is 0.259 e. The Morgan fingerprint density at radius 3 is 2.52 bits per heavy atom. The summed E-state index contributed by atoms with van der Waals surface area (Å²) in [5.74, 6) is 0.613. The van der Waals surface area contributed by atoms with Gasteiger partial charge in [-0.1, -0.05) is 24.3 Å². The van der Waals surface area contributed by atoms with E-state index in [-0.39, 0.29) is 5.91 Å². The number of amides is 1. The number of nitrogens with zero attached hydrogens (tertiary/aromatic N) is 2. The summed E-state index contributed by atoms with van der Waals surface area (Å²) in [4.78, 5) is 20.6. The lowest BCUT2D eigenvalue weighted by atomic mass is 10.1. The third kappa shape index (κ3) is 2.71. The van der Waals surface area contributed by atoms with Crippen LogP contribution in [0.25, 0.3) is 10.8 Å². The van der Waals surface area contributed by atoms with Crippen LogP contribution in [-0.4, -0.2) is 15.9 Å². The molecule has 0 aliphatic carbocycles. The van der Waals surface area contributed by atoms with Crippen molar-refractivity contribution in [3.05, 3.63) is 58.8 Å². The number of nitrogens with one attached hydrogen (secondary N) is 1. The first-order valence-corrected chi connectivity index (χ1v) is 7.00. The van der Waals surface area contributed by atoms with E-state index in [1.165, 1.54) is 6.20 Å². The van der Waals surface area contributed by atoms with Crippen molar-refractivity contribution in [2.45, 2.75) is 0 Å². The molecule has 0 saturated heterocycles. The largest absolute Gasteiger partial charge is 0.383 e. The molecule has 0 atom stereocenters. The summed E-state index contributed by atoms with van der Waals surface area (Å²) in [6, 6.07) is 10.9. The molecule has 1 amide bonds. The van der Waals surface area contributed by atoms with Gasteiger partial charge in [0, 0.05) is 22.3 Å². The van der Waals surface area contributed by atoms with Crippen LogP contribution in [0.2, 0.25) is 0 Å². The quantitative estimate of drug-likeness (QED) is 0.749. The molecule has 3 aromatic rings. The van der Waals surface area contributed by atoms with Crippen molar-refractivity contribution in [1.29, 1.82) is 0 Å². The second-order valence-electron chi connectivity index (χ2n) is 4.42. The average Bonchev–Trinajstić information content (AvgIpc) is 2.50. The highest BCUT2D eigenvalue weighted by Crippen LogP contribution is 2.23. The van der Waals surface area contributed by atoms with E-state index < -0.39 is 0 Å². The third-order valence-corrected chi connectivity index (χ3v) is 3.51. The van der Waals surface area contributed by atoms with Crippen molar-refractivity contribution in [3.63, 3.8) is 0 Å². The number of hydrogen-bond donors (Lipinski definition) is 2. The van der Waals surface area contributed by atoms with Gasteiger partial charge in [0.2, 0.25) is 0 Å². The first kappa shape index (κ1) is 13.5. The standard InChI is InChI=1S/C15H11BrN4O/c16-9-5-6-13(18-7-9)20-15(21)12-8-19-14(17)11-4-2-1-3-10(11)12/h1-8H,(H2,17,19)(H,18,20,21). The van der Waals surface area contributed by atoms with Crippen LogP contribution in [0.5, 0.6) is 0 Å². The summed E-state index contributed by atoms with van der Waals surface area (Å²) in [7, 11) is 0. The number of nitrogens with two attached hydrogens (primary N) is 1. The minimum absolute atomic E-state index is 0.270. The second kappa shape index (κ2) is 5.49. The molecule has 0 aliphatic rings. The Morgan fingerprint density at radius 1 is 1.05 bits per heavy atom. The highest BCUT2D eigenvalue weighted by Gasteiger charge is 2.13. The number of halogens is 1. The number of hydrogen-bond acceptors (Lipinski definition) is 4. The fourth-order valence-electron chi connectivity index (χ4n) is 2.03. The molecule has 0 spiro atoms. The van der Waals surface area contributed by atoms with E-state index in [0.29, 0.717) is 17.2 Å². The first-order chi connectivity index (χ1) is 10.1. The Kier molecular flexibility index (Phi) is 3.53. The van der Waals surface area contributed by atoms with Crippen molar-refractivity contribution < 1.29 is 4.79 Å². The van der Waals surface area contributed by atoms with E-state index in [2.05, 4.69) is 31.2 Å². The minimum Gasteiger partial charge on any atom is -0.383 e. The average molecular weight is 343 g/mol. The molecule has 21 heavy (non-hydrogen) atoms. The number of carbonyl (C=O) groups excluding carboxylic acids is 1. The number of benzene rings is 1. The molecule has 0 bridgehead atoms. The molecule has 1 aromatic carbocycles. The Morgan fingerprint density at radius 2 is 1.81 bits per heavy atom. The van der Waals surface area contributed by atoms with Crippen molar-refractivity contribution >= 4 is 44.2 Å². The molecular formula is C15H11BrN4O. The van der Waals surface area contributed by atoms with Gasteiger partial charge in [-0.05, 0) is 33.4 Å². The summed E-state index contributed by atoms with van der Waals surface area (Å²) in [5.41, 5.74) is 6.30.